The third-order valence-corrected chi connectivity index (χ3v) is 3.67. The van der Waals surface area contributed by atoms with Crippen molar-refractivity contribution in [1.82, 2.24) is 20.7 Å². The molecule has 2 N–H and O–H groups in total. The lowest BCUT2D eigenvalue weighted by Crippen LogP contribution is -2.15. The van der Waals surface area contributed by atoms with Crippen LogP contribution in [-0.2, 0) is 6.54 Å². The minimum Gasteiger partial charge on any atom is -0.311 e. The molecule has 0 bridgehead atoms. The lowest BCUT2D eigenvalue weighted by atomic mass is 10.1. The summed E-state index contributed by atoms with van der Waals surface area (Å²) in [5, 5.41) is 14.7. The lowest BCUT2D eigenvalue weighted by molar-refractivity contribution is 0.569. The predicted molar refractivity (Wildman–Crippen MR) is 86.9 cm³/mol. The summed E-state index contributed by atoms with van der Waals surface area (Å²) < 4.78 is 0. The monoisotopic (exact) mass is 286 g/mol. The number of nitrogens with zero attached hydrogens (tertiary/aromatic N) is 2. The summed E-state index contributed by atoms with van der Waals surface area (Å²) in [5.41, 5.74) is 3.06. The number of hydrogen-bond acceptors (Lipinski definition) is 3. The van der Waals surface area contributed by atoms with Crippen molar-refractivity contribution >= 4 is 0 Å². The predicted octanol–water partition coefficient (Wildman–Crippen LogP) is 3.92. The summed E-state index contributed by atoms with van der Waals surface area (Å²) in [4.78, 5) is 0. The zero-order chi connectivity index (χ0) is 14.8. The van der Waals surface area contributed by atoms with Gasteiger partial charge in [-0.3, -0.25) is 0 Å². The summed E-state index contributed by atoms with van der Waals surface area (Å²) in [6, 6.07) is 10.2. The molecule has 0 radical (unpaired) electrons. The van der Waals surface area contributed by atoms with Crippen LogP contribution in [0.25, 0.3) is 11.3 Å². The van der Waals surface area contributed by atoms with Crippen LogP contribution in [-0.4, -0.2) is 22.0 Å². The molecule has 1 aromatic carbocycles. The Hall–Kier alpha value is -1.68. The molecule has 4 nitrogen and oxygen atoms in total. The highest BCUT2D eigenvalue weighted by Crippen LogP contribution is 2.18. The third kappa shape index (κ3) is 5.31. The Morgan fingerprint density at radius 1 is 0.952 bits per heavy atom. The third-order valence-electron chi connectivity index (χ3n) is 3.67. The summed E-state index contributed by atoms with van der Waals surface area (Å²) in [5.74, 6) is 0. The molecule has 2 rings (SSSR count). The van der Waals surface area contributed by atoms with Gasteiger partial charge in [-0.05, 0) is 13.0 Å². The average molecular weight is 286 g/mol. The van der Waals surface area contributed by atoms with E-state index < -0.39 is 0 Å². The fourth-order valence-electron chi connectivity index (χ4n) is 2.44. The standard InChI is InChI=1S/C17H26N4/c1-2-3-4-5-6-10-13-18-14-16-17(20-21-19-16)15-11-8-7-9-12-15/h7-9,11-12,18H,2-6,10,13-14H2,1H3,(H,19,20,21). The van der Waals surface area contributed by atoms with Gasteiger partial charge in [0.05, 0.1) is 0 Å². The molecule has 0 atom stereocenters. The van der Waals surface area contributed by atoms with E-state index in [-0.39, 0.29) is 0 Å². The molecule has 0 saturated heterocycles. The topological polar surface area (TPSA) is 53.6 Å². The number of H-pyrrole nitrogens is 1. The van der Waals surface area contributed by atoms with Gasteiger partial charge in [0.25, 0.3) is 0 Å². The Kier molecular flexibility index (Phi) is 6.95. The van der Waals surface area contributed by atoms with Gasteiger partial charge in [-0.25, -0.2) is 0 Å². The molecule has 1 aromatic heterocycles. The van der Waals surface area contributed by atoms with E-state index in [2.05, 4.69) is 39.8 Å². The minimum atomic E-state index is 0.773. The second-order valence-electron chi connectivity index (χ2n) is 5.43. The van der Waals surface area contributed by atoms with Gasteiger partial charge in [-0.2, -0.15) is 15.4 Å². The highest BCUT2D eigenvalue weighted by atomic mass is 15.3. The molecule has 114 valence electrons. The van der Waals surface area contributed by atoms with Crippen molar-refractivity contribution in [2.45, 2.75) is 52.0 Å². The second-order valence-corrected chi connectivity index (χ2v) is 5.43. The maximum atomic E-state index is 4.26. The Morgan fingerprint density at radius 2 is 1.71 bits per heavy atom. The van der Waals surface area contributed by atoms with Gasteiger partial charge in [0.1, 0.15) is 11.4 Å². The zero-order valence-corrected chi connectivity index (χ0v) is 12.9. The van der Waals surface area contributed by atoms with E-state index in [1.165, 1.54) is 38.5 Å². The Morgan fingerprint density at radius 3 is 2.52 bits per heavy atom. The Bertz CT molecular complexity index is 493. The Balaban J connectivity index is 1.69. The van der Waals surface area contributed by atoms with Gasteiger partial charge in [0, 0.05) is 12.1 Å². The van der Waals surface area contributed by atoms with Crippen LogP contribution in [0.4, 0.5) is 0 Å². The van der Waals surface area contributed by atoms with Crippen molar-refractivity contribution in [2.24, 2.45) is 0 Å². The molecule has 0 fully saturated rings. The molecule has 1 heterocycles. The van der Waals surface area contributed by atoms with E-state index in [9.17, 15) is 0 Å². The highest BCUT2D eigenvalue weighted by Gasteiger charge is 2.08. The molecule has 0 aliphatic rings. The van der Waals surface area contributed by atoms with E-state index in [4.69, 9.17) is 0 Å². The highest BCUT2D eigenvalue weighted by molar-refractivity contribution is 5.60. The van der Waals surface area contributed by atoms with E-state index in [0.29, 0.717) is 0 Å². The quantitative estimate of drug-likeness (QED) is 0.651. The summed E-state index contributed by atoms with van der Waals surface area (Å²) in [7, 11) is 0. The largest absolute Gasteiger partial charge is 0.311 e. The Labute approximate surface area is 127 Å². The molecule has 0 aliphatic carbocycles. The number of benzene rings is 1. The first-order valence-corrected chi connectivity index (χ1v) is 8.07. The van der Waals surface area contributed by atoms with Crippen LogP contribution in [0.15, 0.2) is 30.3 Å². The molecule has 0 aliphatic heterocycles. The van der Waals surface area contributed by atoms with Gasteiger partial charge < -0.3 is 5.32 Å². The van der Waals surface area contributed by atoms with Crippen LogP contribution in [0.1, 0.15) is 51.1 Å². The van der Waals surface area contributed by atoms with Crippen LogP contribution in [0.5, 0.6) is 0 Å². The van der Waals surface area contributed by atoms with Gasteiger partial charge >= 0.3 is 0 Å². The van der Waals surface area contributed by atoms with Crippen LogP contribution >= 0.6 is 0 Å². The molecular weight excluding hydrogens is 260 g/mol. The van der Waals surface area contributed by atoms with Crippen LogP contribution in [0.2, 0.25) is 0 Å². The molecule has 0 saturated carbocycles. The SMILES string of the molecule is CCCCCCCCNCc1n[nH]nc1-c1ccccc1. The maximum Gasteiger partial charge on any atom is 0.117 e. The van der Waals surface area contributed by atoms with Crippen molar-refractivity contribution in [2.75, 3.05) is 6.54 Å². The fraction of sp³-hybridized carbons (Fsp3) is 0.529. The minimum absolute atomic E-state index is 0.773. The van der Waals surface area contributed by atoms with Crippen LogP contribution in [0.3, 0.4) is 0 Å². The molecule has 0 spiro atoms. The zero-order valence-electron chi connectivity index (χ0n) is 12.9. The summed E-state index contributed by atoms with van der Waals surface area (Å²) >= 11 is 0. The van der Waals surface area contributed by atoms with Crippen LogP contribution in [0, 0.1) is 0 Å². The van der Waals surface area contributed by atoms with Gasteiger partial charge in [0.2, 0.25) is 0 Å². The number of unbranched alkanes of at least 4 members (excludes halogenated alkanes) is 5. The number of aromatic amines is 1. The van der Waals surface area contributed by atoms with E-state index in [1.54, 1.807) is 0 Å². The number of rotatable bonds is 10. The molecular formula is C17H26N4. The van der Waals surface area contributed by atoms with Gasteiger partial charge in [-0.15, -0.1) is 0 Å². The van der Waals surface area contributed by atoms with E-state index >= 15 is 0 Å². The second kappa shape index (κ2) is 9.29. The maximum absolute atomic E-state index is 4.26. The van der Waals surface area contributed by atoms with Crippen molar-refractivity contribution in [3.8, 4) is 11.3 Å². The summed E-state index contributed by atoms with van der Waals surface area (Å²) in [6.45, 7) is 4.08. The van der Waals surface area contributed by atoms with E-state index in [0.717, 1.165) is 30.0 Å². The smallest absolute Gasteiger partial charge is 0.117 e. The number of aromatic nitrogens is 3. The van der Waals surface area contributed by atoms with Crippen molar-refractivity contribution in [3.63, 3.8) is 0 Å². The fourth-order valence-corrected chi connectivity index (χ4v) is 2.44. The van der Waals surface area contributed by atoms with Crippen molar-refractivity contribution in [3.05, 3.63) is 36.0 Å². The van der Waals surface area contributed by atoms with Crippen molar-refractivity contribution in [1.29, 1.82) is 0 Å². The molecule has 21 heavy (non-hydrogen) atoms. The van der Waals surface area contributed by atoms with Gasteiger partial charge in [0.15, 0.2) is 0 Å². The number of hydrogen-bond donors (Lipinski definition) is 2. The summed E-state index contributed by atoms with van der Waals surface area (Å²) in [6.07, 6.45) is 7.96. The molecule has 0 amide bonds. The van der Waals surface area contributed by atoms with E-state index in [1.807, 2.05) is 18.2 Å². The van der Waals surface area contributed by atoms with Crippen LogP contribution < -0.4 is 5.32 Å². The number of nitrogens with one attached hydrogen (secondary N) is 2. The normalized spacial score (nSPS) is 10.9. The average Bonchev–Trinajstić information content (AvgIpc) is 2.99. The van der Waals surface area contributed by atoms with Crippen molar-refractivity contribution < 1.29 is 0 Å². The molecule has 0 unspecified atom stereocenters. The first-order chi connectivity index (χ1) is 10.4. The van der Waals surface area contributed by atoms with Gasteiger partial charge in [-0.1, -0.05) is 69.4 Å². The lowest BCUT2D eigenvalue weighted by Gasteiger charge is -2.04. The first-order valence-electron chi connectivity index (χ1n) is 8.07. The molecule has 2 aromatic rings. The first kappa shape index (κ1) is 15.7. The molecule has 4 heteroatoms.